The Bertz CT molecular complexity index is 565. The van der Waals surface area contributed by atoms with Crippen LogP contribution in [0.5, 0.6) is 0 Å². The minimum Gasteiger partial charge on any atom is -0.469 e. The molecule has 0 aliphatic carbocycles. The van der Waals surface area contributed by atoms with Gasteiger partial charge in [-0.05, 0) is 28.5 Å². The van der Waals surface area contributed by atoms with Gasteiger partial charge in [0.1, 0.15) is 5.76 Å². The van der Waals surface area contributed by atoms with Gasteiger partial charge in [-0.1, -0.05) is 13.8 Å². The van der Waals surface area contributed by atoms with E-state index < -0.39 is 0 Å². The molecule has 5 nitrogen and oxygen atoms in total. The molecule has 1 unspecified atom stereocenters. The molecule has 2 heterocycles. The van der Waals surface area contributed by atoms with E-state index >= 15 is 0 Å². The van der Waals surface area contributed by atoms with E-state index in [0.717, 1.165) is 35.4 Å². The van der Waals surface area contributed by atoms with Crippen molar-refractivity contribution >= 4 is 15.9 Å². The fourth-order valence-electron chi connectivity index (χ4n) is 2.47. The molecule has 0 spiro atoms. The summed E-state index contributed by atoms with van der Waals surface area (Å²) in [4.78, 5) is 0. The summed E-state index contributed by atoms with van der Waals surface area (Å²) < 4.78 is 13.7. The van der Waals surface area contributed by atoms with E-state index in [1.807, 2.05) is 16.9 Å². The van der Waals surface area contributed by atoms with Crippen molar-refractivity contribution in [1.82, 2.24) is 15.1 Å². The fraction of sp³-hybridized carbons (Fsp3) is 0.533. The standard InChI is InChI=1S/C15H22BrN3O2/c1-4-13-11(6-8-21-13)14(17-5-2)15-12(16)10-18-19(15)7-9-20-3/h6,8,10,14,17H,4-5,7,9H2,1-3H3. The number of halogens is 1. The van der Waals surface area contributed by atoms with Gasteiger partial charge in [0.05, 0.1) is 41.8 Å². The second-order valence-corrected chi connectivity index (χ2v) is 5.59. The Morgan fingerprint density at radius 2 is 2.29 bits per heavy atom. The van der Waals surface area contributed by atoms with Crippen LogP contribution in [0.2, 0.25) is 0 Å². The molecule has 21 heavy (non-hydrogen) atoms. The van der Waals surface area contributed by atoms with Crippen LogP contribution in [0, 0.1) is 0 Å². The number of aromatic nitrogens is 2. The Morgan fingerprint density at radius 3 is 2.95 bits per heavy atom. The predicted molar refractivity (Wildman–Crippen MR) is 85.4 cm³/mol. The van der Waals surface area contributed by atoms with Crippen molar-refractivity contribution in [3.8, 4) is 0 Å². The quantitative estimate of drug-likeness (QED) is 0.790. The molecule has 0 amide bonds. The molecular weight excluding hydrogens is 334 g/mol. The highest BCUT2D eigenvalue weighted by atomic mass is 79.9. The lowest BCUT2D eigenvalue weighted by Crippen LogP contribution is -2.26. The Kier molecular flexibility index (Phi) is 6.02. The maximum absolute atomic E-state index is 5.59. The van der Waals surface area contributed by atoms with Gasteiger partial charge < -0.3 is 14.5 Å². The Hall–Kier alpha value is -1.11. The topological polar surface area (TPSA) is 52.2 Å². The lowest BCUT2D eigenvalue weighted by molar-refractivity contribution is 0.182. The molecule has 0 aliphatic rings. The van der Waals surface area contributed by atoms with Crippen LogP contribution in [0.25, 0.3) is 0 Å². The van der Waals surface area contributed by atoms with Gasteiger partial charge in [-0.15, -0.1) is 0 Å². The van der Waals surface area contributed by atoms with Crippen molar-refractivity contribution < 1.29 is 9.15 Å². The number of hydrogen-bond donors (Lipinski definition) is 1. The number of ether oxygens (including phenoxy) is 1. The van der Waals surface area contributed by atoms with Crippen LogP contribution in [0.3, 0.4) is 0 Å². The highest BCUT2D eigenvalue weighted by Crippen LogP contribution is 2.31. The van der Waals surface area contributed by atoms with Crippen molar-refractivity contribution in [2.45, 2.75) is 32.9 Å². The Morgan fingerprint density at radius 1 is 1.48 bits per heavy atom. The van der Waals surface area contributed by atoms with Crippen LogP contribution in [0.15, 0.2) is 27.4 Å². The first kappa shape index (κ1) is 16.3. The third-order valence-electron chi connectivity index (χ3n) is 3.43. The summed E-state index contributed by atoms with van der Waals surface area (Å²) in [6, 6.07) is 2.09. The van der Waals surface area contributed by atoms with Gasteiger partial charge in [0, 0.05) is 19.1 Å². The summed E-state index contributed by atoms with van der Waals surface area (Å²) in [5.74, 6) is 1.01. The molecule has 6 heteroatoms. The van der Waals surface area contributed by atoms with E-state index in [1.54, 1.807) is 13.4 Å². The molecule has 2 rings (SSSR count). The van der Waals surface area contributed by atoms with E-state index in [0.29, 0.717) is 6.61 Å². The fourth-order valence-corrected chi connectivity index (χ4v) is 2.99. The summed E-state index contributed by atoms with van der Waals surface area (Å²) in [6.07, 6.45) is 4.46. The van der Waals surface area contributed by atoms with Crippen molar-refractivity contribution in [2.75, 3.05) is 20.3 Å². The SMILES string of the molecule is CCNC(c1ccoc1CC)c1c(Br)cnn1CCOC. The number of furan rings is 1. The summed E-state index contributed by atoms with van der Waals surface area (Å²) in [6.45, 7) is 6.41. The molecule has 0 saturated carbocycles. The first-order valence-corrected chi connectivity index (χ1v) is 8.01. The molecule has 0 fully saturated rings. The molecule has 0 bridgehead atoms. The van der Waals surface area contributed by atoms with E-state index in [4.69, 9.17) is 9.15 Å². The second kappa shape index (κ2) is 7.77. The number of nitrogens with zero attached hydrogens (tertiary/aromatic N) is 2. The normalized spacial score (nSPS) is 12.8. The van der Waals surface area contributed by atoms with Gasteiger partial charge in [0.2, 0.25) is 0 Å². The highest BCUT2D eigenvalue weighted by Gasteiger charge is 2.24. The van der Waals surface area contributed by atoms with Crippen molar-refractivity contribution in [3.63, 3.8) is 0 Å². The Balaban J connectivity index is 2.40. The molecule has 116 valence electrons. The molecule has 2 aromatic heterocycles. The second-order valence-electron chi connectivity index (χ2n) is 4.74. The van der Waals surface area contributed by atoms with Gasteiger partial charge >= 0.3 is 0 Å². The van der Waals surface area contributed by atoms with E-state index in [1.165, 1.54) is 5.56 Å². The van der Waals surface area contributed by atoms with Gasteiger partial charge in [-0.2, -0.15) is 5.10 Å². The molecular formula is C15H22BrN3O2. The van der Waals surface area contributed by atoms with Crippen LogP contribution in [0.1, 0.15) is 36.9 Å². The molecule has 0 saturated heterocycles. The monoisotopic (exact) mass is 355 g/mol. The lowest BCUT2D eigenvalue weighted by Gasteiger charge is -2.20. The summed E-state index contributed by atoms with van der Waals surface area (Å²) in [5, 5.41) is 7.97. The molecule has 0 aromatic carbocycles. The van der Waals surface area contributed by atoms with Gasteiger partial charge in [-0.3, -0.25) is 4.68 Å². The van der Waals surface area contributed by atoms with Gasteiger partial charge in [-0.25, -0.2) is 0 Å². The summed E-state index contributed by atoms with van der Waals surface area (Å²) in [7, 11) is 1.70. The number of methoxy groups -OCH3 is 1. The Labute approximate surface area is 133 Å². The zero-order valence-corrected chi connectivity index (χ0v) is 14.3. The zero-order chi connectivity index (χ0) is 15.2. The smallest absolute Gasteiger partial charge is 0.108 e. The first-order valence-electron chi connectivity index (χ1n) is 7.22. The number of hydrogen-bond acceptors (Lipinski definition) is 4. The molecule has 1 N–H and O–H groups in total. The van der Waals surface area contributed by atoms with E-state index in [9.17, 15) is 0 Å². The third kappa shape index (κ3) is 3.56. The molecule has 2 aromatic rings. The average molecular weight is 356 g/mol. The lowest BCUT2D eigenvalue weighted by atomic mass is 10.0. The predicted octanol–water partition coefficient (Wildman–Crippen LogP) is 3.15. The third-order valence-corrected chi connectivity index (χ3v) is 4.05. The van der Waals surface area contributed by atoms with E-state index in [-0.39, 0.29) is 6.04 Å². The van der Waals surface area contributed by atoms with E-state index in [2.05, 4.69) is 40.2 Å². The maximum Gasteiger partial charge on any atom is 0.108 e. The number of nitrogens with one attached hydrogen (secondary N) is 1. The zero-order valence-electron chi connectivity index (χ0n) is 12.7. The van der Waals surface area contributed by atoms with Crippen LogP contribution >= 0.6 is 15.9 Å². The molecule has 0 aliphatic heterocycles. The van der Waals surface area contributed by atoms with Crippen LogP contribution in [-0.4, -0.2) is 30.0 Å². The summed E-state index contributed by atoms with van der Waals surface area (Å²) in [5.41, 5.74) is 2.27. The van der Waals surface area contributed by atoms with Crippen LogP contribution in [0.4, 0.5) is 0 Å². The van der Waals surface area contributed by atoms with Crippen LogP contribution in [-0.2, 0) is 17.7 Å². The number of rotatable bonds is 8. The van der Waals surface area contributed by atoms with Gasteiger partial charge in [0.15, 0.2) is 0 Å². The van der Waals surface area contributed by atoms with Crippen LogP contribution < -0.4 is 5.32 Å². The highest BCUT2D eigenvalue weighted by molar-refractivity contribution is 9.10. The van der Waals surface area contributed by atoms with Crippen molar-refractivity contribution in [3.05, 3.63) is 40.0 Å². The first-order chi connectivity index (χ1) is 10.2. The minimum atomic E-state index is 0.0532. The summed E-state index contributed by atoms with van der Waals surface area (Å²) >= 11 is 3.62. The molecule has 1 atom stereocenters. The molecule has 0 radical (unpaired) electrons. The maximum atomic E-state index is 5.59. The minimum absolute atomic E-state index is 0.0532. The van der Waals surface area contributed by atoms with Crippen molar-refractivity contribution in [2.24, 2.45) is 0 Å². The number of aryl methyl sites for hydroxylation is 1. The largest absolute Gasteiger partial charge is 0.469 e. The van der Waals surface area contributed by atoms with Gasteiger partial charge in [0.25, 0.3) is 0 Å². The average Bonchev–Trinajstić information content (AvgIpc) is 3.09. The van der Waals surface area contributed by atoms with Crippen molar-refractivity contribution in [1.29, 1.82) is 0 Å².